The van der Waals surface area contributed by atoms with Gasteiger partial charge in [0.05, 0.1) is 11.7 Å². The number of carbonyl (C=O) groups is 1. The largest absolute Gasteiger partial charge is 0.512 e. The molecule has 0 amide bonds. The van der Waals surface area contributed by atoms with Crippen LogP contribution >= 0.6 is 0 Å². The van der Waals surface area contributed by atoms with Crippen LogP contribution in [0.15, 0.2) is 11.3 Å². The summed E-state index contributed by atoms with van der Waals surface area (Å²) >= 11 is 0. The van der Waals surface area contributed by atoms with Crippen molar-refractivity contribution < 1.29 is 19.7 Å². The van der Waals surface area contributed by atoms with Crippen molar-refractivity contribution in [1.29, 1.82) is 0 Å². The number of hydrogen-bond donors (Lipinski definition) is 2. The molecule has 0 aromatic rings. The van der Waals surface area contributed by atoms with Crippen molar-refractivity contribution in [2.45, 2.75) is 38.4 Å². The lowest BCUT2D eigenvalue weighted by molar-refractivity contribution is -0.151. The molecule has 1 aliphatic carbocycles. The first-order valence-corrected chi connectivity index (χ1v) is 4.90. The van der Waals surface area contributed by atoms with Gasteiger partial charge < -0.3 is 14.9 Å². The Bertz CT molecular complexity index is 294. The van der Waals surface area contributed by atoms with Crippen molar-refractivity contribution in [2.75, 3.05) is 0 Å². The molecule has 0 saturated carbocycles. The number of fused-ring (bicyclic) bond motifs is 1. The van der Waals surface area contributed by atoms with Crippen molar-refractivity contribution in [3.8, 4) is 0 Å². The fourth-order valence-corrected chi connectivity index (χ4v) is 2.22. The zero-order chi connectivity index (χ0) is 10.3. The minimum absolute atomic E-state index is 0.0946. The van der Waals surface area contributed by atoms with E-state index in [0.717, 1.165) is 0 Å². The monoisotopic (exact) mass is 198 g/mol. The maximum absolute atomic E-state index is 11.4. The predicted octanol–water partition coefficient (Wildman–Crippen LogP) is 0.905. The average Bonchev–Trinajstić information content (AvgIpc) is 2.10. The number of esters is 1. The summed E-state index contributed by atoms with van der Waals surface area (Å²) < 4.78 is 5.01. The van der Waals surface area contributed by atoms with Crippen LogP contribution < -0.4 is 0 Å². The molecule has 4 nitrogen and oxygen atoms in total. The van der Waals surface area contributed by atoms with Gasteiger partial charge in [-0.15, -0.1) is 0 Å². The first kappa shape index (κ1) is 9.52. The van der Waals surface area contributed by atoms with E-state index in [1.165, 1.54) is 0 Å². The van der Waals surface area contributed by atoms with E-state index in [4.69, 9.17) is 4.74 Å². The van der Waals surface area contributed by atoms with Crippen LogP contribution in [-0.4, -0.2) is 28.4 Å². The number of carbonyl (C=O) groups excluding carboxylic acids is 1. The van der Waals surface area contributed by atoms with E-state index in [0.29, 0.717) is 24.8 Å². The van der Waals surface area contributed by atoms with Crippen molar-refractivity contribution in [3.63, 3.8) is 0 Å². The zero-order valence-corrected chi connectivity index (χ0v) is 8.06. The molecule has 0 bridgehead atoms. The molecule has 0 aromatic carbocycles. The highest BCUT2D eigenvalue weighted by atomic mass is 16.5. The summed E-state index contributed by atoms with van der Waals surface area (Å²) in [6, 6.07) is 0. The molecule has 4 heteroatoms. The third-order valence-electron chi connectivity index (χ3n) is 2.94. The van der Waals surface area contributed by atoms with E-state index < -0.39 is 12.1 Å². The van der Waals surface area contributed by atoms with Crippen molar-refractivity contribution in [2.24, 2.45) is 5.92 Å². The highest BCUT2D eigenvalue weighted by molar-refractivity contribution is 5.90. The van der Waals surface area contributed by atoms with Crippen LogP contribution in [0.1, 0.15) is 26.2 Å². The summed E-state index contributed by atoms with van der Waals surface area (Å²) in [6.07, 6.45) is 0.816. The first-order chi connectivity index (χ1) is 6.59. The van der Waals surface area contributed by atoms with Crippen LogP contribution in [0.3, 0.4) is 0 Å². The van der Waals surface area contributed by atoms with Gasteiger partial charge in [0.15, 0.2) is 0 Å². The third kappa shape index (κ3) is 1.39. The molecule has 14 heavy (non-hydrogen) atoms. The van der Waals surface area contributed by atoms with E-state index in [1.807, 2.05) is 0 Å². The summed E-state index contributed by atoms with van der Waals surface area (Å²) in [6.45, 7) is 1.80. The Morgan fingerprint density at radius 2 is 2.21 bits per heavy atom. The number of aliphatic hydroxyl groups is 2. The predicted molar refractivity (Wildman–Crippen MR) is 48.6 cm³/mol. The van der Waals surface area contributed by atoms with Gasteiger partial charge in [-0.05, 0) is 19.8 Å². The summed E-state index contributed by atoms with van der Waals surface area (Å²) in [7, 11) is 0. The minimum Gasteiger partial charge on any atom is -0.512 e. The summed E-state index contributed by atoms with van der Waals surface area (Å²) in [5, 5.41) is 19.3. The van der Waals surface area contributed by atoms with Gasteiger partial charge in [-0.1, -0.05) is 0 Å². The molecule has 2 rings (SSSR count). The van der Waals surface area contributed by atoms with Crippen LogP contribution in [0.5, 0.6) is 0 Å². The number of aliphatic hydroxyl groups excluding tert-OH is 2. The number of ether oxygens (including phenoxy) is 1. The second-order valence-electron chi connectivity index (χ2n) is 4.02. The summed E-state index contributed by atoms with van der Waals surface area (Å²) in [5.41, 5.74) is 0.293. The normalized spacial score (nSPS) is 37.9. The Balaban J connectivity index is 2.34. The zero-order valence-electron chi connectivity index (χ0n) is 8.06. The molecule has 2 N–H and O–H groups in total. The Hall–Kier alpha value is -1.03. The Morgan fingerprint density at radius 3 is 2.93 bits per heavy atom. The molecule has 0 spiro atoms. The van der Waals surface area contributed by atoms with E-state index >= 15 is 0 Å². The number of rotatable bonds is 0. The molecule has 0 unspecified atom stereocenters. The molecule has 0 aromatic heterocycles. The molecule has 0 radical (unpaired) electrons. The van der Waals surface area contributed by atoms with Crippen LogP contribution in [0, 0.1) is 5.92 Å². The molecule has 1 aliphatic heterocycles. The summed E-state index contributed by atoms with van der Waals surface area (Å²) in [4.78, 5) is 11.4. The fourth-order valence-electron chi connectivity index (χ4n) is 2.22. The fraction of sp³-hybridized carbons (Fsp3) is 0.700. The van der Waals surface area contributed by atoms with Gasteiger partial charge in [0.2, 0.25) is 0 Å². The second-order valence-corrected chi connectivity index (χ2v) is 4.02. The van der Waals surface area contributed by atoms with Crippen LogP contribution in [0.4, 0.5) is 0 Å². The standard InChI is InChI=1S/C10H14O4/c1-5-4-6-7(11)2-3-8(12)9(6)10(13)14-5/h5-7,11-12H,2-4H2,1H3/t5-,6-,7-/m1/s1. The molecular weight excluding hydrogens is 184 g/mol. The van der Waals surface area contributed by atoms with Crippen molar-refractivity contribution in [3.05, 3.63) is 11.3 Å². The Kier molecular flexibility index (Phi) is 2.23. The quantitative estimate of drug-likeness (QED) is 0.568. The summed E-state index contributed by atoms with van der Waals surface area (Å²) in [5.74, 6) is -0.609. The van der Waals surface area contributed by atoms with Crippen LogP contribution in [0.25, 0.3) is 0 Å². The maximum atomic E-state index is 11.4. The van der Waals surface area contributed by atoms with Gasteiger partial charge in [-0.3, -0.25) is 0 Å². The van der Waals surface area contributed by atoms with Gasteiger partial charge in [0.1, 0.15) is 11.9 Å². The molecule has 78 valence electrons. The molecule has 3 atom stereocenters. The van der Waals surface area contributed by atoms with Gasteiger partial charge in [0, 0.05) is 12.3 Å². The maximum Gasteiger partial charge on any atom is 0.338 e. The van der Waals surface area contributed by atoms with E-state index in [-0.39, 0.29) is 17.8 Å². The Morgan fingerprint density at radius 1 is 1.50 bits per heavy atom. The lowest BCUT2D eigenvalue weighted by atomic mass is 9.79. The van der Waals surface area contributed by atoms with Gasteiger partial charge in [0.25, 0.3) is 0 Å². The second kappa shape index (κ2) is 3.28. The minimum atomic E-state index is -0.517. The van der Waals surface area contributed by atoms with Crippen molar-refractivity contribution in [1.82, 2.24) is 0 Å². The third-order valence-corrected chi connectivity index (χ3v) is 2.94. The molecule has 1 heterocycles. The average molecular weight is 198 g/mol. The van der Waals surface area contributed by atoms with Gasteiger partial charge in [-0.2, -0.15) is 0 Å². The number of cyclic esters (lactones) is 1. The van der Waals surface area contributed by atoms with Crippen LogP contribution in [0.2, 0.25) is 0 Å². The number of allylic oxidation sites excluding steroid dienone is 1. The van der Waals surface area contributed by atoms with Crippen molar-refractivity contribution >= 4 is 5.97 Å². The topological polar surface area (TPSA) is 66.8 Å². The van der Waals surface area contributed by atoms with E-state index in [1.54, 1.807) is 6.92 Å². The molecular formula is C10H14O4. The van der Waals surface area contributed by atoms with Gasteiger partial charge in [-0.25, -0.2) is 4.79 Å². The number of hydrogen-bond acceptors (Lipinski definition) is 4. The van der Waals surface area contributed by atoms with Gasteiger partial charge >= 0.3 is 5.97 Å². The lowest BCUT2D eigenvalue weighted by Crippen LogP contribution is -2.39. The van der Waals surface area contributed by atoms with E-state index in [2.05, 4.69) is 0 Å². The highest BCUT2D eigenvalue weighted by Crippen LogP contribution is 2.37. The molecule has 1 saturated heterocycles. The van der Waals surface area contributed by atoms with E-state index in [9.17, 15) is 15.0 Å². The molecule has 1 fully saturated rings. The molecule has 2 aliphatic rings. The lowest BCUT2D eigenvalue weighted by Gasteiger charge is -2.35. The highest BCUT2D eigenvalue weighted by Gasteiger charge is 2.40. The smallest absolute Gasteiger partial charge is 0.338 e. The Labute approximate surface area is 82.2 Å². The first-order valence-electron chi connectivity index (χ1n) is 4.90. The van der Waals surface area contributed by atoms with Crippen LogP contribution in [-0.2, 0) is 9.53 Å². The SMILES string of the molecule is C[C@@H]1C[C@H]2C(=C(O)CC[C@H]2O)C(=O)O1.